The Balaban J connectivity index is 1.45. The SMILES string of the molecule is CCOC(=O)CCc1ccc2c(c1)CCC(CNCC(O)c1cccc(Cl)c1)O2. The third-order valence-corrected chi connectivity index (χ3v) is 5.26. The number of carbonyl (C=O) groups excluding carboxylic acids is 1. The van der Waals surface area contributed by atoms with Gasteiger partial charge in [0.15, 0.2) is 0 Å². The van der Waals surface area contributed by atoms with Crippen LogP contribution in [-0.2, 0) is 22.4 Å². The summed E-state index contributed by atoms with van der Waals surface area (Å²) in [6.45, 7) is 3.35. The van der Waals surface area contributed by atoms with E-state index in [1.54, 1.807) is 12.1 Å². The minimum atomic E-state index is -0.605. The lowest BCUT2D eigenvalue weighted by Crippen LogP contribution is -2.36. The summed E-state index contributed by atoms with van der Waals surface area (Å²) in [6, 6.07) is 13.4. The maximum atomic E-state index is 11.5. The number of hydrogen-bond acceptors (Lipinski definition) is 5. The molecule has 0 fully saturated rings. The number of nitrogens with one attached hydrogen (secondary N) is 1. The first kappa shape index (κ1) is 21.6. The van der Waals surface area contributed by atoms with Crippen LogP contribution < -0.4 is 10.1 Å². The number of halogens is 1. The van der Waals surface area contributed by atoms with Gasteiger partial charge in [0.05, 0.1) is 12.7 Å². The molecule has 0 amide bonds. The minimum Gasteiger partial charge on any atom is -0.489 e. The van der Waals surface area contributed by atoms with Gasteiger partial charge in [0.1, 0.15) is 11.9 Å². The average molecular weight is 418 g/mol. The highest BCUT2D eigenvalue weighted by Crippen LogP contribution is 2.29. The van der Waals surface area contributed by atoms with Gasteiger partial charge in [-0.15, -0.1) is 0 Å². The number of fused-ring (bicyclic) bond motifs is 1. The molecule has 1 heterocycles. The molecular formula is C23H28ClNO4. The lowest BCUT2D eigenvalue weighted by molar-refractivity contribution is -0.143. The predicted octanol–water partition coefficient (Wildman–Crippen LogP) is 3.85. The largest absolute Gasteiger partial charge is 0.489 e. The van der Waals surface area contributed by atoms with Gasteiger partial charge in [-0.1, -0.05) is 35.9 Å². The highest BCUT2D eigenvalue weighted by atomic mass is 35.5. The van der Waals surface area contributed by atoms with E-state index in [0.29, 0.717) is 37.6 Å². The summed E-state index contributed by atoms with van der Waals surface area (Å²) in [5.74, 6) is 0.742. The number of carbonyl (C=O) groups is 1. The summed E-state index contributed by atoms with van der Waals surface area (Å²) >= 11 is 5.98. The first-order chi connectivity index (χ1) is 14.0. The van der Waals surface area contributed by atoms with Crippen molar-refractivity contribution in [1.29, 1.82) is 0 Å². The average Bonchev–Trinajstić information content (AvgIpc) is 2.72. The molecule has 156 valence electrons. The molecule has 1 aliphatic rings. The lowest BCUT2D eigenvalue weighted by Gasteiger charge is -2.27. The normalized spacial score (nSPS) is 16.6. The van der Waals surface area contributed by atoms with Gasteiger partial charge in [-0.25, -0.2) is 0 Å². The zero-order chi connectivity index (χ0) is 20.6. The van der Waals surface area contributed by atoms with Gasteiger partial charge in [0.2, 0.25) is 0 Å². The van der Waals surface area contributed by atoms with Crippen molar-refractivity contribution in [2.45, 2.75) is 44.8 Å². The summed E-state index contributed by atoms with van der Waals surface area (Å²) in [4.78, 5) is 11.5. The summed E-state index contributed by atoms with van der Waals surface area (Å²) in [5, 5.41) is 14.2. The molecule has 1 aliphatic heterocycles. The zero-order valence-electron chi connectivity index (χ0n) is 16.7. The molecule has 6 heteroatoms. The van der Waals surface area contributed by atoms with Crippen LogP contribution in [0.15, 0.2) is 42.5 Å². The molecule has 0 aliphatic carbocycles. The fourth-order valence-corrected chi connectivity index (χ4v) is 3.69. The molecule has 2 aromatic rings. The van der Waals surface area contributed by atoms with Gasteiger partial charge in [-0.2, -0.15) is 0 Å². The van der Waals surface area contributed by atoms with Crippen molar-refractivity contribution in [3.8, 4) is 5.75 Å². The van der Waals surface area contributed by atoms with E-state index in [1.165, 1.54) is 5.56 Å². The van der Waals surface area contributed by atoms with Crippen molar-refractivity contribution in [1.82, 2.24) is 5.32 Å². The number of hydrogen-bond donors (Lipinski definition) is 2. The maximum absolute atomic E-state index is 11.5. The van der Waals surface area contributed by atoms with Crippen molar-refractivity contribution < 1.29 is 19.4 Å². The molecule has 2 atom stereocenters. The number of ether oxygens (including phenoxy) is 2. The van der Waals surface area contributed by atoms with E-state index in [0.717, 1.165) is 29.7 Å². The highest BCUT2D eigenvalue weighted by molar-refractivity contribution is 6.30. The van der Waals surface area contributed by atoms with E-state index in [1.807, 2.05) is 31.2 Å². The van der Waals surface area contributed by atoms with Crippen LogP contribution in [-0.4, -0.2) is 36.9 Å². The predicted molar refractivity (Wildman–Crippen MR) is 113 cm³/mol. The second kappa shape index (κ2) is 10.6. The van der Waals surface area contributed by atoms with Crippen molar-refractivity contribution in [3.63, 3.8) is 0 Å². The molecule has 3 rings (SSSR count). The Hall–Kier alpha value is -2.08. The van der Waals surface area contributed by atoms with E-state index >= 15 is 0 Å². The lowest BCUT2D eigenvalue weighted by atomic mass is 9.98. The van der Waals surface area contributed by atoms with Crippen LogP contribution in [0.5, 0.6) is 5.75 Å². The van der Waals surface area contributed by atoms with E-state index in [-0.39, 0.29) is 12.1 Å². The number of esters is 1. The van der Waals surface area contributed by atoms with E-state index in [2.05, 4.69) is 11.4 Å². The molecule has 5 nitrogen and oxygen atoms in total. The van der Waals surface area contributed by atoms with Gasteiger partial charge in [0, 0.05) is 24.5 Å². The monoisotopic (exact) mass is 417 g/mol. The molecule has 0 saturated carbocycles. The molecule has 0 spiro atoms. The van der Waals surface area contributed by atoms with E-state index < -0.39 is 6.10 Å². The zero-order valence-corrected chi connectivity index (χ0v) is 17.5. The Morgan fingerprint density at radius 2 is 2.21 bits per heavy atom. The number of aliphatic hydroxyl groups excluding tert-OH is 1. The van der Waals surface area contributed by atoms with Crippen LogP contribution in [0, 0.1) is 0 Å². The highest BCUT2D eigenvalue weighted by Gasteiger charge is 2.20. The van der Waals surface area contributed by atoms with Crippen molar-refractivity contribution in [2.24, 2.45) is 0 Å². The molecule has 2 aromatic carbocycles. The Kier molecular flexibility index (Phi) is 7.92. The van der Waals surface area contributed by atoms with Crippen molar-refractivity contribution in [3.05, 3.63) is 64.2 Å². The number of benzene rings is 2. The number of aryl methyl sites for hydroxylation is 2. The van der Waals surface area contributed by atoms with Crippen molar-refractivity contribution >= 4 is 17.6 Å². The fraction of sp³-hybridized carbons (Fsp3) is 0.435. The molecule has 29 heavy (non-hydrogen) atoms. The Labute approximate surface area is 177 Å². The molecule has 0 bridgehead atoms. The Morgan fingerprint density at radius 1 is 1.34 bits per heavy atom. The van der Waals surface area contributed by atoms with Gasteiger partial charge in [-0.3, -0.25) is 4.79 Å². The number of aliphatic hydroxyl groups is 1. The van der Waals surface area contributed by atoms with Crippen LogP contribution in [0.1, 0.15) is 42.6 Å². The van der Waals surface area contributed by atoms with Gasteiger partial charge >= 0.3 is 5.97 Å². The first-order valence-corrected chi connectivity index (χ1v) is 10.5. The molecule has 0 radical (unpaired) electrons. The van der Waals surface area contributed by atoms with Crippen LogP contribution in [0.25, 0.3) is 0 Å². The summed E-state index contributed by atoms with van der Waals surface area (Å²) in [6.07, 6.45) is 2.39. The second-order valence-corrected chi connectivity index (χ2v) is 7.69. The quantitative estimate of drug-likeness (QED) is 0.606. The van der Waals surface area contributed by atoms with Crippen LogP contribution in [0.4, 0.5) is 0 Å². The first-order valence-electron chi connectivity index (χ1n) is 10.1. The Bertz CT molecular complexity index is 826. The Morgan fingerprint density at radius 3 is 3.00 bits per heavy atom. The third kappa shape index (κ3) is 6.46. The maximum Gasteiger partial charge on any atom is 0.306 e. The topological polar surface area (TPSA) is 67.8 Å². The van der Waals surface area contributed by atoms with E-state index in [4.69, 9.17) is 21.1 Å². The summed E-state index contributed by atoms with van der Waals surface area (Å²) in [7, 11) is 0. The van der Waals surface area contributed by atoms with Gasteiger partial charge in [-0.05, 0) is 61.1 Å². The molecular weight excluding hydrogens is 390 g/mol. The second-order valence-electron chi connectivity index (χ2n) is 7.25. The molecule has 2 unspecified atom stereocenters. The van der Waals surface area contributed by atoms with Crippen LogP contribution in [0.3, 0.4) is 0 Å². The van der Waals surface area contributed by atoms with Crippen LogP contribution >= 0.6 is 11.6 Å². The third-order valence-electron chi connectivity index (χ3n) is 5.02. The van der Waals surface area contributed by atoms with Crippen molar-refractivity contribution in [2.75, 3.05) is 19.7 Å². The minimum absolute atomic E-state index is 0.0689. The smallest absolute Gasteiger partial charge is 0.306 e. The summed E-state index contributed by atoms with van der Waals surface area (Å²) in [5.41, 5.74) is 3.11. The summed E-state index contributed by atoms with van der Waals surface area (Å²) < 4.78 is 11.1. The van der Waals surface area contributed by atoms with Gasteiger partial charge < -0.3 is 19.9 Å². The standard InChI is InChI=1S/C23H28ClNO4/c1-2-28-23(27)11-7-16-6-10-22-18(12-16)8-9-20(29-22)14-25-15-21(26)17-4-3-5-19(24)13-17/h3-6,10,12-13,20-21,25-26H,2,7-9,11,14-15H2,1H3. The van der Waals surface area contributed by atoms with E-state index in [9.17, 15) is 9.90 Å². The molecule has 2 N–H and O–H groups in total. The fourth-order valence-electron chi connectivity index (χ4n) is 3.49. The number of rotatable bonds is 9. The van der Waals surface area contributed by atoms with Gasteiger partial charge in [0.25, 0.3) is 0 Å². The molecule has 0 aromatic heterocycles. The van der Waals surface area contributed by atoms with Crippen LogP contribution in [0.2, 0.25) is 5.02 Å². The molecule has 0 saturated heterocycles.